The molecule has 0 saturated carbocycles. The van der Waals surface area contributed by atoms with Crippen molar-refractivity contribution in [2.75, 3.05) is 87.1 Å². The van der Waals surface area contributed by atoms with Crippen LogP contribution in [0.2, 0.25) is 0 Å². The molecule has 2 fully saturated rings. The van der Waals surface area contributed by atoms with Gasteiger partial charge in [-0.05, 0) is 77.6 Å². The van der Waals surface area contributed by atoms with Crippen molar-refractivity contribution in [1.82, 2.24) is 20.0 Å². The predicted molar refractivity (Wildman–Crippen MR) is 213 cm³/mol. The monoisotopic (exact) mass is 798 g/mol. The van der Waals surface area contributed by atoms with Crippen LogP contribution in [0.15, 0.2) is 48.5 Å². The maximum absolute atomic E-state index is 12.6. The number of benzene rings is 2. The van der Waals surface area contributed by atoms with Crippen LogP contribution in [-0.2, 0) is 31.9 Å². The fraction of sp³-hybridized carbons (Fsp3) is 0.600. The van der Waals surface area contributed by atoms with Crippen LogP contribution in [0.4, 0.5) is 21.0 Å². The number of halogens is 1. The minimum absolute atomic E-state index is 0.185. The van der Waals surface area contributed by atoms with Gasteiger partial charge < -0.3 is 34.4 Å². The van der Waals surface area contributed by atoms with Crippen molar-refractivity contribution in [2.45, 2.75) is 78.4 Å². The van der Waals surface area contributed by atoms with E-state index < -0.39 is 5.60 Å². The molecule has 292 valence electrons. The van der Waals surface area contributed by atoms with Crippen LogP contribution in [0.3, 0.4) is 0 Å². The number of fused-ring (bicyclic) bond motifs is 2. The minimum atomic E-state index is -0.466. The Labute approximate surface area is 324 Å². The summed E-state index contributed by atoms with van der Waals surface area (Å²) in [6.45, 7) is 19.7. The van der Waals surface area contributed by atoms with Crippen molar-refractivity contribution < 1.29 is 28.7 Å². The largest absolute Gasteiger partial charge is 0.444 e. The number of carbonyl (C=O) groups excluding carboxylic acids is 4. The fourth-order valence-electron chi connectivity index (χ4n) is 6.45. The first kappa shape index (κ1) is 42.1. The van der Waals surface area contributed by atoms with Crippen LogP contribution >= 0.6 is 15.9 Å². The van der Waals surface area contributed by atoms with E-state index in [1.807, 2.05) is 87.7 Å². The second kappa shape index (κ2) is 19.6. The zero-order valence-corrected chi connectivity index (χ0v) is 34.1. The van der Waals surface area contributed by atoms with Gasteiger partial charge in [0.05, 0.1) is 0 Å². The molecule has 6 rings (SSSR count). The van der Waals surface area contributed by atoms with E-state index in [1.165, 1.54) is 11.1 Å². The summed E-state index contributed by atoms with van der Waals surface area (Å²) in [5, 5.41) is 3.92. The molecule has 4 heterocycles. The van der Waals surface area contributed by atoms with E-state index in [4.69, 9.17) is 9.47 Å². The standard InChI is InChI=1S/C20H29N3O3.C11H12BrNO.C9H18N2O2/c1-20(2,3)26-19(25)22-14-12-21(13-15-22)10-9-18(24)23-11-8-16-6-4-5-7-17(16)23;12-7-5-11(14)13-8-6-9-3-1-2-4-10(9)13;1-9(2,3)13-8(12)11-6-4-10-5-7-11/h4-7H,8-15H2,1-3H3;1-4H,5-8H2;10H,4-7H2,1-3H3. The molecule has 53 heavy (non-hydrogen) atoms. The number of ether oxygens (including phenoxy) is 2. The van der Waals surface area contributed by atoms with Crippen molar-refractivity contribution in [3.63, 3.8) is 0 Å². The highest BCUT2D eigenvalue weighted by Gasteiger charge is 2.28. The molecular formula is C40H59BrN6O6. The first-order valence-corrected chi connectivity index (χ1v) is 20.0. The molecule has 0 spiro atoms. The number of carbonyl (C=O) groups is 4. The smallest absolute Gasteiger partial charge is 0.410 e. The molecule has 0 atom stereocenters. The van der Waals surface area contributed by atoms with Gasteiger partial charge in [0.25, 0.3) is 0 Å². The van der Waals surface area contributed by atoms with Gasteiger partial charge in [-0.1, -0.05) is 52.3 Å². The third kappa shape index (κ3) is 13.3. The van der Waals surface area contributed by atoms with Gasteiger partial charge in [0.15, 0.2) is 0 Å². The van der Waals surface area contributed by atoms with Crippen LogP contribution in [-0.4, -0.2) is 127 Å². The van der Waals surface area contributed by atoms with Crippen LogP contribution < -0.4 is 15.1 Å². The normalized spacial score (nSPS) is 17.1. The molecule has 2 aromatic rings. The molecule has 12 nitrogen and oxygen atoms in total. The zero-order valence-electron chi connectivity index (χ0n) is 32.5. The van der Waals surface area contributed by atoms with Crippen LogP contribution in [0.5, 0.6) is 0 Å². The lowest BCUT2D eigenvalue weighted by atomic mass is 10.2. The number of hydrogen-bond acceptors (Lipinski definition) is 8. The first-order chi connectivity index (χ1) is 25.1. The second-order valence-electron chi connectivity index (χ2n) is 15.6. The lowest BCUT2D eigenvalue weighted by molar-refractivity contribution is -0.119. The number of amides is 4. The molecule has 0 aliphatic carbocycles. The summed E-state index contributed by atoms with van der Waals surface area (Å²) < 4.78 is 10.7. The van der Waals surface area contributed by atoms with E-state index in [0.29, 0.717) is 25.9 Å². The van der Waals surface area contributed by atoms with Gasteiger partial charge >= 0.3 is 12.2 Å². The molecule has 2 aromatic carbocycles. The maximum Gasteiger partial charge on any atom is 0.410 e. The third-order valence-corrected chi connectivity index (χ3v) is 9.52. The van der Waals surface area contributed by atoms with E-state index in [9.17, 15) is 19.2 Å². The molecule has 0 radical (unpaired) electrons. The number of nitrogens with zero attached hydrogens (tertiary/aromatic N) is 5. The number of rotatable bonds is 5. The second-order valence-corrected chi connectivity index (χ2v) is 16.4. The summed E-state index contributed by atoms with van der Waals surface area (Å²) in [5.41, 5.74) is 3.85. The van der Waals surface area contributed by atoms with Gasteiger partial charge in [-0.15, -0.1) is 0 Å². The van der Waals surface area contributed by atoms with E-state index in [-0.39, 0.29) is 29.6 Å². The SMILES string of the molecule is CC(C)(C)OC(=O)N1CCN(CCC(=O)N2CCc3ccccc32)CC1.CC(C)(C)OC(=O)N1CCNCC1.O=C(CCBr)N1CCc2ccccc21. The Hall–Kier alpha value is -3.68. The van der Waals surface area contributed by atoms with Gasteiger partial charge in [-0.3, -0.25) is 14.5 Å². The zero-order chi connectivity index (χ0) is 38.6. The number of piperazine rings is 2. The highest BCUT2D eigenvalue weighted by molar-refractivity contribution is 9.09. The third-order valence-electron chi connectivity index (χ3n) is 9.12. The van der Waals surface area contributed by atoms with Crippen molar-refractivity contribution in [3.8, 4) is 0 Å². The minimum Gasteiger partial charge on any atom is -0.444 e. The molecule has 4 aliphatic heterocycles. The van der Waals surface area contributed by atoms with E-state index in [1.54, 1.807) is 9.80 Å². The summed E-state index contributed by atoms with van der Waals surface area (Å²) in [5.74, 6) is 0.399. The van der Waals surface area contributed by atoms with E-state index >= 15 is 0 Å². The molecular weight excluding hydrogens is 740 g/mol. The number of para-hydroxylation sites is 2. The van der Waals surface area contributed by atoms with Gasteiger partial charge in [-0.2, -0.15) is 0 Å². The van der Waals surface area contributed by atoms with Crippen LogP contribution in [0, 0.1) is 0 Å². The van der Waals surface area contributed by atoms with Crippen LogP contribution in [0.1, 0.15) is 65.5 Å². The Morgan fingerprint density at radius 2 is 1.06 bits per heavy atom. The molecule has 0 unspecified atom stereocenters. The van der Waals surface area contributed by atoms with Crippen LogP contribution in [0.25, 0.3) is 0 Å². The number of alkyl halides is 1. The van der Waals surface area contributed by atoms with E-state index in [0.717, 1.165) is 88.4 Å². The molecule has 1 N–H and O–H groups in total. The van der Waals surface area contributed by atoms with Gasteiger partial charge in [0.2, 0.25) is 11.8 Å². The lowest BCUT2D eigenvalue weighted by Gasteiger charge is -2.35. The molecule has 0 aromatic heterocycles. The van der Waals surface area contributed by atoms with Crippen molar-refractivity contribution in [1.29, 1.82) is 0 Å². The average molecular weight is 800 g/mol. The summed E-state index contributed by atoms with van der Waals surface area (Å²) in [6.07, 6.45) is 2.58. The lowest BCUT2D eigenvalue weighted by Crippen LogP contribution is -2.50. The summed E-state index contributed by atoms with van der Waals surface area (Å²) >= 11 is 3.29. The Morgan fingerprint density at radius 3 is 1.51 bits per heavy atom. The predicted octanol–water partition coefficient (Wildman–Crippen LogP) is 5.71. The highest BCUT2D eigenvalue weighted by atomic mass is 79.9. The van der Waals surface area contributed by atoms with E-state index in [2.05, 4.69) is 38.3 Å². The molecule has 13 heteroatoms. The number of hydrogen-bond donors (Lipinski definition) is 1. The van der Waals surface area contributed by atoms with Gasteiger partial charge in [0.1, 0.15) is 11.2 Å². The van der Waals surface area contributed by atoms with Crippen molar-refractivity contribution in [2.24, 2.45) is 0 Å². The van der Waals surface area contributed by atoms with Gasteiger partial charge in [-0.25, -0.2) is 9.59 Å². The Morgan fingerprint density at radius 1 is 0.623 bits per heavy atom. The summed E-state index contributed by atoms with van der Waals surface area (Å²) in [6, 6.07) is 16.3. The molecule has 0 bridgehead atoms. The first-order valence-electron chi connectivity index (χ1n) is 18.9. The fourth-order valence-corrected chi connectivity index (χ4v) is 6.79. The number of nitrogens with one attached hydrogen (secondary N) is 1. The molecule has 2 saturated heterocycles. The average Bonchev–Trinajstić information content (AvgIpc) is 3.76. The molecule has 4 aliphatic rings. The number of anilines is 2. The summed E-state index contributed by atoms with van der Waals surface area (Å²) in [7, 11) is 0. The Kier molecular flexibility index (Phi) is 15.5. The highest BCUT2D eigenvalue weighted by Crippen LogP contribution is 2.29. The summed E-state index contributed by atoms with van der Waals surface area (Å²) in [4.78, 5) is 57.4. The van der Waals surface area contributed by atoms with Crippen molar-refractivity contribution >= 4 is 51.3 Å². The quantitative estimate of drug-likeness (QED) is 0.383. The maximum atomic E-state index is 12.6. The van der Waals surface area contributed by atoms with Crippen molar-refractivity contribution in [3.05, 3.63) is 59.7 Å². The Balaban J connectivity index is 0.000000196. The van der Waals surface area contributed by atoms with Gasteiger partial charge in [0, 0.05) is 102 Å². The topological polar surface area (TPSA) is 115 Å². The molecule has 4 amide bonds. The Bertz CT molecular complexity index is 1530.